The Morgan fingerprint density at radius 3 is 2.46 bits per heavy atom. The summed E-state index contributed by atoms with van der Waals surface area (Å²) in [7, 11) is 0. The average Bonchev–Trinajstić information content (AvgIpc) is 2.69. The van der Waals surface area contributed by atoms with Gasteiger partial charge in [-0.05, 0) is 42.0 Å². The molecule has 4 rings (SSSR count). The molecular formula is C20H11F3N4O. The van der Waals surface area contributed by atoms with Crippen molar-refractivity contribution in [1.82, 2.24) is 15.1 Å². The highest BCUT2D eigenvalue weighted by molar-refractivity contribution is 5.74. The SMILES string of the molecule is [O-][n+]1cc(-c2ccc(F)c(-c3ncccc3F)c2)cc(-c2ccncc2F)n1. The van der Waals surface area contributed by atoms with Crippen molar-refractivity contribution in [1.29, 1.82) is 0 Å². The molecule has 0 bridgehead atoms. The molecule has 0 amide bonds. The third-order valence-electron chi connectivity index (χ3n) is 4.11. The standard InChI is InChI=1S/C20H11F3N4O/c21-16-4-3-12(8-15(16)20-17(22)2-1-6-25-20)13-9-19(26-27(28)11-13)14-5-7-24-10-18(14)23/h1-11H. The molecule has 3 heterocycles. The summed E-state index contributed by atoms with van der Waals surface area (Å²) in [6.07, 6.45) is 4.90. The van der Waals surface area contributed by atoms with E-state index in [4.69, 9.17) is 0 Å². The molecule has 0 unspecified atom stereocenters. The monoisotopic (exact) mass is 380 g/mol. The van der Waals surface area contributed by atoms with Gasteiger partial charge in [0.25, 0.3) is 0 Å². The van der Waals surface area contributed by atoms with E-state index in [9.17, 15) is 18.4 Å². The topological polar surface area (TPSA) is 65.6 Å². The summed E-state index contributed by atoms with van der Waals surface area (Å²) >= 11 is 0. The normalized spacial score (nSPS) is 10.8. The maximum absolute atomic E-state index is 14.3. The number of hydrogen-bond donors (Lipinski definition) is 0. The number of nitrogens with zero attached hydrogens (tertiary/aromatic N) is 4. The van der Waals surface area contributed by atoms with Crippen LogP contribution in [0.4, 0.5) is 13.2 Å². The van der Waals surface area contributed by atoms with Gasteiger partial charge in [-0.15, -0.1) is 0 Å². The van der Waals surface area contributed by atoms with Gasteiger partial charge in [0, 0.05) is 28.6 Å². The smallest absolute Gasteiger partial charge is 0.217 e. The van der Waals surface area contributed by atoms with Gasteiger partial charge in [0.05, 0.1) is 11.8 Å². The third kappa shape index (κ3) is 3.27. The Labute approximate surface area is 157 Å². The molecule has 0 aliphatic rings. The summed E-state index contributed by atoms with van der Waals surface area (Å²) in [5, 5.41) is 15.7. The molecule has 8 heteroatoms. The van der Waals surface area contributed by atoms with Crippen molar-refractivity contribution in [3.05, 3.63) is 89.9 Å². The van der Waals surface area contributed by atoms with Gasteiger partial charge in [-0.1, -0.05) is 10.9 Å². The van der Waals surface area contributed by atoms with E-state index in [2.05, 4.69) is 15.1 Å². The van der Waals surface area contributed by atoms with Crippen LogP contribution in [0.15, 0.2) is 67.3 Å². The Morgan fingerprint density at radius 1 is 0.821 bits per heavy atom. The second kappa shape index (κ2) is 7.07. The van der Waals surface area contributed by atoms with Gasteiger partial charge in [0.1, 0.15) is 23.0 Å². The molecule has 1 aromatic carbocycles. The minimum absolute atomic E-state index is 0.0542. The lowest BCUT2D eigenvalue weighted by Crippen LogP contribution is -2.31. The highest BCUT2D eigenvalue weighted by atomic mass is 19.1. The van der Waals surface area contributed by atoms with Crippen LogP contribution in [-0.2, 0) is 0 Å². The number of benzene rings is 1. The van der Waals surface area contributed by atoms with Gasteiger partial charge in [0.2, 0.25) is 6.20 Å². The quantitative estimate of drug-likeness (QED) is 0.399. The fourth-order valence-electron chi connectivity index (χ4n) is 2.81. The van der Waals surface area contributed by atoms with E-state index in [1.165, 1.54) is 48.8 Å². The van der Waals surface area contributed by atoms with Crippen LogP contribution in [0.25, 0.3) is 33.6 Å². The number of pyridine rings is 2. The lowest BCUT2D eigenvalue weighted by Gasteiger charge is -2.08. The molecule has 3 aromatic heterocycles. The predicted molar refractivity (Wildman–Crippen MR) is 95.0 cm³/mol. The van der Waals surface area contributed by atoms with Crippen LogP contribution in [0.1, 0.15) is 0 Å². The number of aromatic nitrogens is 4. The summed E-state index contributed by atoms with van der Waals surface area (Å²) in [6, 6.07) is 9.42. The van der Waals surface area contributed by atoms with Gasteiger partial charge in [0.15, 0.2) is 5.82 Å². The summed E-state index contributed by atoms with van der Waals surface area (Å²) in [4.78, 5) is 7.84. The van der Waals surface area contributed by atoms with Crippen LogP contribution >= 0.6 is 0 Å². The fraction of sp³-hybridized carbons (Fsp3) is 0. The molecule has 0 N–H and O–H groups in total. The Hall–Kier alpha value is -3.81. The van der Waals surface area contributed by atoms with E-state index in [1.54, 1.807) is 0 Å². The van der Waals surface area contributed by atoms with E-state index in [0.717, 1.165) is 18.5 Å². The summed E-state index contributed by atoms with van der Waals surface area (Å²) in [5.41, 5.74) is 0.757. The van der Waals surface area contributed by atoms with Gasteiger partial charge >= 0.3 is 0 Å². The van der Waals surface area contributed by atoms with Crippen molar-refractivity contribution < 1.29 is 18.0 Å². The average molecular weight is 380 g/mol. The van der Waals surface area contributed by atoms with Gasteiger partial charge in [-0.3, -0.25) is 9.97 Å². The fourth-order valence-corrected chi connectivity index (χ4v) is 2.81. The molecule has 0 aliphatic carbocycles. The molecule has 0 atom stereocenters. The summed E-state index contributed by atoms with van der Waals surface area (Å²) < 4.78 is 42.3. The van der Waals surface area contributed by atoms with Crippen molar-refractivity contribution in [2.45, 2.75) is 0 Å². The molecule has 0 saturated carbocycles. The van der Waals surface area contributed by atoms with Gasteiger partial charge < -0.3 is 5.21 Å². The number of rotatable bonds is 3. The Bertz CT molecular complexity index is 1180. The Morgan fingerprint density at radius 2 is 1.68 bits per heavy atom. The Balaban J connectivity index is 1.86. The van der Waals surface area contributed by atoms with Crippen LogP contribution in [-0.4, -0.2) is 15.1 Å². The minimum atomic E-state index is -0.674. The van der Waals surface area contributed by atoms with E-state index in [-0.39, 0.29) is 27.4 Å². The van der Waals surface area contributed by atoms with Crippen molar-refractivity contribution in [3.63, 3.8) is 0 Å². The number of hydrogen-bond acceptors (Lipinski definition) is 4. The molecule has 4 aromatic rings. The lowest BCUT2D eigenvalue weighted by molar-refractivity contribution is -0.667. The second-order valence-corrected chi connectivity index (χ2v) is 5.90. The zero-order valence-corrected chi connectivity index (χ0v) is 14.2. The van der Waals surface area contributed by atoms with Crippen LogP contribution in [0, 0.1) is 22.7 Å². The Kier molecular flexibility index (Phi) is 4.44. The summed E-state index contributed by atoms with van der Waals surface area (Å²) in [5.74, 6) is -1.97. The van der Waals surface area contributed by atoms with E-state index >= 15 is 0 Å². The first kappa shape index (κ1) is 17.6. The van der Waals surface area contributed by atoms with Crippen molar-refractivity contribution in [2.75, 3.05) is 0 Å². The molecule has 0 radical (unpaired) electrons. The highest BCUT2D eigenvalue weighted by Gasteiger charge is 2.16. The van der Waals surface area contributed by atoms with Crippen molar-refractivity contribution in [3.8, 4) is 33.6 Å². The molecule has 5 nitrogen and oxygen atoms in total. The van der Waals surface area contributed by atoms with Gasteiger partial charge in [-0.2, -0.15) is 0 Å². The van der Waals surface area contributed by atoms with Crippen molar-refractivity contribution >= 4 is 0 Å². The zero-order chi connectivity index (χ0) is 19.7. The zero-order valence-electron chi connectivity index (χ0n) is 14.2. The van der Waals surface area contributed by atoms with Crippen LogP contribution in [0.3, 0.4) is 0 Å². The number of halogens is 3. The van der Waals surface area contributed by atoms with E-state index < -0.39 is 17.5 Å². The first-order chi connectivity index (χ1) is 13.5. The first-order valence-corrected chi connectivity index (χ1v) is 8.15. The molecule has 138 valence electrons. The van der Waals surface area contributed by atoms with Crippen LogP contribution in [0.2, 0.25) is 0 Å². The molecule has 0 aliphatic heterocycles. The van der Waals surface area contributed by atoms with Crippen molar-refractivity contribution in [2.24, 2.45) is 0 Å². The first-order valence-electron chi connectivity index (χ1n) is 8.15. The van der Waals surface area contributed by atoms with E-state index in [1.807, 2.05) is 0 Å². The largest absolute Gasteiger partial charge is 0.594 e. The molecule has 0 fully saturated rings. The summed E-state index contributed by atoms with van der Waals surface area (Å²) in [6.45, 7) is 0. The lowest BCUT2D eigenvalue weighted by atomic mass is 10.0. The predicted octanol–water partition coefficient (Wildman–Crippen LogP) is 3.92. The molecule has 0 spiro atoms. The second-order valence-electron chi connectivity index (χ2n) is 5.90. The van der Waals surface area contributed by atoms with Crippen LogP contribution in [0.5, 0.6) is 0 Å². The van der Waals surface area contributed by atoms with Crippen LogP contribution < -0.4 is 4.85 Å². The minimum Gasteiger partial charge on any atom is -0.594 e. The highest BCUT2D eigenvalue weighted by Crippen LogP contribution is 2.30. The van der Waals surface area contributed by atoms with E-state index in [0.29, 0.717) is 11.1 Å². The maximum Gasteiger partial charge on any atom is 0.217 e. The molecule has 28 heavy (non-hydrogen) atoms. The van der Waals surface area contributed by atoms with Gasteiger partial charge in [-0.25, -0.2) is 13.2 Å². The third-order valence-corrected chi connectivity index (χ3v) is 4.11. The molecular weight excluding hydrogens is 369 g/mol. The molecule has 0 saturated heterocycles. The maximum atomic E-state index is 14.3.